The first-order valence-electron chi connectivity index (χ1n) is 4.31. The van der Waals surface area contributed by atoms with Crippen molar-refractivity contribution >= 4 is 28.8 Å². The summed E-state index contributed by atoms with van der Waals surface area (Å²) in [6, 6.07) is 5.95. The van der Waals surface area contributed by atoms with Crippen LogP contribution in [0.25, 0.3) is 0 Å². The second-order valence-corrected chi connectivity index (χ2v) is 3.02. The Morgan fingerprint density at radius 3 is 2.60 bits per heavy atom. The molecule has 0 aliphatic rings. The Hall–Kier alpha value is -1.69. The quantitative estimate of drug-likeness (QED) is 0.487. The molecule has 0 aliphatic heterocycles. The van der Waals surface area contributed by atoms with Crippen LogP contribution in [0.2, 0.25) is 0 Å². The van der Waals surface area contributed by atoms with E-state index in [1.54, 1.807) is 12.1 Å². The van der Waals surface area contributed by atoms with Crippen LogP contribution in [-0.2, 0) is 4.74 Å². The normalized spacial score (nSPS) is 9.40. The molecular formula is C9H10N2O3S. The van der Waals surface area contributed by atoms with Crippen LogP contribution >= 0.6 is 12.2 Å². The topological polar surface area (TPSA) is 64.4 Å². The number of hydrogen-bond acceptors (Lipinski definition) is 4. The van der Waals surface area contributed by atoms with Crippen LogP contribution in [-0.4, -0.2) is 16.7 Å². The number of hydrogen-bond donors (Lipinski definition) is 1. The van der Waals surface area contributed by atoms with Crippen molar-refractivity contribution in [2.45, 2.75) is 6.92 Å². The molecule has 1 N–H and O–H groups in total. The zero-order valence-electron chi connectivity index (χ0n) is 8.10. The van der Waals surface area contributed by atoms with E-state index >= 15 is 0 Å². The summed E-state index contributed by atoms with van der Waals surface area (Å²) in [5.41, 5.74) is 0.710. The van der Waals surface area contributed by atoms with Gasteiger partial charge in [0, 0.05) is 17.8 Å². The van der Waals surface area contributed by atoms with Crippen molar-refractivity contribution in [3.05, 3.63) is 34.4 Å². The van der Waals surface area contributed by atoms with Crippen LogP contribution in [0.4, 0.5) is 11.4 Å². The summed E-state index contributed by atoms with van der Waals surface area (Å²) in [7, 11) is 0. The van der Waals surface area contributed by atoms with E-state index < -0.39 is 4.92 Å². The minimum Gasteiger partial charge on any atom is -0.471 e. The summed E-state index contributed by atoms with van der Waals surface area (Å²) in [5, 5.41) is 13.4. The fraction of sp³-hybridized carbons (Fsp3) is 0.222. The summed E-state index contributed by atoms with van der Waals surface area (Å²) in [6.07, 6.45) is 0. The Balaban J connectivity index is 2.64. The monoisotopic (exact) mass is 226 g/mol. The zero-order chi connectivity index (χ0) is 11.3. The molecule has 0 saturated carbocycles. The maximum Gasteiger partial charge on any atom is 0.269 e. The summed E-state index contributed by atoms with van der Waals surface area (Å²) in [5.74, 6) is 0. The fourth-order valence-electron chi connectivity index (χ4n) is 0.952. The number of nitro groups is 1. The molecule has 80 valence electrons. The van der Waals surface area contributed by atoms with Gasteiger partial charge in [0.25, 0.3) is 10.9 Å². The molecule has 0 spiro atoms. The molecular weight excluding hydrogens is 216 g/mol. The first kappa shape index (κ1) is 11.4. The Morgan fingerprint density at radius 1 is 1.53 bits per heavy atom. The molecule has 0 atom stereocenters. The lowest BCUT2D eigenvalue weighted by Crippen LogP contribution is -2.12. The molecule has 0 aliphatic carbocycles. The zero-order valence-corrected chi connectivity index (χ0v) is 8.91. The van der Waals surface area contributed by atoms with Crippen molar-refractivity contribution < 1.29 is 9.66 Å². The summed E-state index contributed by atoms with van der Waals surface area (Å²) >= 11 is 4.85. The van der Waals surface area contributed by atoms with Crippen molar-refractivity contribution in [1.82, 2.24) is 0 Å². The minimum absolute atomic E-state index is 0.0443. The number of thiocarbonyl (C=S) groups is 1. The van der Waals surface area contributed by atoms with Crippen LogP contribution in [0.5, 0.6) is 0 Å². The number of benzene rings is 1. The highest BCUT2D eigenvalue weighted by Crippen LogP contribution is 2.15. The third-order valence-electron chi connectivity index (χ3n) is 1.60. The van der Waals surface area contributed by atoms with Crippen molar-refractivity contribution in [2.75, 3.05) is 11.9 Å². The molecule has 0 saturated heterocycles. The van der Waals surface area contributed by atoms with Gasteiger partial charge in [-0.15, -0.1) is 0 Å². The van der Waals surface area contributed by atoms with Crippen molar-refractivity contribution in [3.8, 4) is 0 Å². The number of nitrogens with one attached hydrogen (secondary N) is 1. The van der Waals surface area contributed by atoms with E-state index in [1.165, 1.54) is 12.1 Å². The predicted molar refractivity (Wildman–Crippen MR) is 60.9 cm³/mol. The van der Waals surface area contributed by atoms with Gasteiger partial charge in [0.2, 0.25) is 0 Å². The van der Waals surface area contributed by atoms with Gasteiger partial charge in [-0.25, -0.2) is 0 Å². The number of ether oxygens (including phenoxy) is 1. The van der Waals surface area contributed by atoms with Crippen LogP contribution in [0.15, 0.2) is 24.3 Å². The molecule has 6 heteroatoms. The van der Waals surface area contributed by atoms with Crippen LogP contribution in [0, 0.1) is 10.1 Å². The van der Waals surface area contributed by atoms with Gasteiger partial charge in [-0.1, -0.05) is 0 Å². The second kappa shape index (κ2) is 5.26. The number of nitrogens with zero attached hydrogens (tertiary/aromatic N) is 1. The number of rotatable bonds is 3. The van der Waals surface area contributed by atoms with Crippen molar-refractivity contribution in [2.24, 2.45) is 0 Å². The highest BCUT2D eigenvalue weighted by molar-refractivity contribution is 7.80. The first-order valence-corrected chi connectivity index (χ1v) is 4.72. The third kappa shape index (κ3) is 3.51. The molecule has 0 radical (unpaired) electrons. The van der Waals surface area contributed by atoms with E-state index in [9.17, 15) is 10.1 Å². The maximum atomic E-state index is 10.4. The molecule has 0 amide bonds. The van der Waals surface area contributed by atoms with Gasteiger partial charge in [0.15, 0.2) is 0 Å². The lowest BCUT2D eigenvalue weighted by Gasteiger charge is -2.07. The van der Waals surface area contributed by atoms with Gasteiger partial charge in [0.05, 0.1) is 11.5 Å². The van der Waals surface area contributed by atoms with Gasteiger partial charge < -0.3 is 10.1 Å². The molecule has 0 fully saturated rings. The Labute approximate surface area is 92.2 Å². The minimum atomic E-state index is -0.454. The van der Waals surface area contributed by atoms with E-state index in [-0.39, 0.29) is 10.9 Å². The molecule has 0 heterocycles. The molecule has 1 aromatic rings. The van der Waals surface area contributed by atoms with Gasteiger partial charge in [-0.3, -0.25) is 10.1 Å². The van der Waals surface area contributed by atoms with Gasteiger partial charge in [-0.2, -0.15) is 0 Å². The smallest absolute Gasteiger partial charge is 0.269 e. The maximum absolute atomic E-state index is 10.4. The molecule has 0 unspecified atom stereocenters. The lowest BCUT2D eigenvalue weighted by molar-refractivity contribution is -0.384. The third-order valence-corrected chi connectivity index (χ3v) is 1.82. The summed E-state index contributed by atoms with van der Waals surface area (Å²) in [4.78, 5) is 9.92. The van der Waals surface area contributed by atoms with Crippen molar-refractivity contribution in [1.29, 1.82) is 0 Å². The average Bonchev–Trinajstić information content (AvgIpc) is 2.18. The SMILES string of the molecule is CCOC(=S)Nc1ccc([N+](=O)[O-])cc1. The number of anilines is 1. The molecule has 5 nitrogen and oxygen atoms in total. The number of non-ortho nitro benzene ring substituents is 1. The fourth-order valence-corrected chi connectivity index (χ4v) is 1.19. The number of nitro benzene ring substituents is 1. The first-order chi connectivity index (χ1) is 7.13. The highest BCUT2D eigenvalue weighted by atomic mass is 32.1. The summed E-state index contributed by atoms with van der Waals surface area (Å²) in [6.45, 7) is 2.31. The molecule has 1 aromatic carbocycles. The van der Waals surface area contributed by atoms with Crippen LogP contribution < -0.4 is 5.32 Å². The Morgan fingerprint density at radius 2 is 2.13 bits per heavy atom. The van der Waals surface area contributed by atoms with E-state index in [0.29, 0.717) is 12.3 Å². The molecule has 0 bridgehead atoms. The molecule has 0 aromatic heterocycles. The Kier molecular flexibility index (Phi) is 3.99. The second-order valence-electron chi connectivity index (χ2n) is 2.65. The van der Waals surface area contributed by atoms with E-state index in [0.717, 1.165) is 0 Å². The standard InChI is InChI=1S/C9H10N2O3S/c1-2-14-9(15)10-7-3-5-8(6-4-7)11(12)13/h3-6H,2H2,1H3,(H,10,15). The van der Waals surface area contributed by atoms with Gasteiger partial charge in [0.1, 0.15) is 0 Å². The lowest BCUT2D eigenvalue weighted by atomic mass is 10.3. The van der Waals surface area contributed by atoms with E-state index in [1.807, 2.05) is 6.92 Å². The molecule has 15 heavy (non-hydrogen) atoms. The molecule has 1 rings (SSSR count). The van der Waals surface area contributed by atoms with Crippen molar-refractivity contribution in [3.63, 3.8) is 0 Å². The van der Waals surface area contributed by atoms with E-state index in [4.69, 9.17) is 17.0 Å². The van der Waals surface area contributed by atoms with Crippen LogP contribution in [0.3, 0.4) is 0 Å². The largest absolute Gasteiger partial charge is 0.471 e. The van der Waals surface area contributed by atoms with Gasteiger partial charge >= 0.3 is 0 Å². The van der Waals surface area contributed by atoms with Crippen LogP contribution in [0.1, 0.15) is 6.92 Å². The predicted octanol–water partition coefficient (Wildman–Crippen LogP) is 2.33. The Bertz CT molecular complexity index is 364. The van der Waals surface area contributed by atoms with E-state index in [2.05, 4.69) is 5.32 Å². The summed E-state index contributed by atoms with van der Waals surface area (Å²) < 4.78 is 5.01. The highest BCUT2D eigenvalue weighted by Gasteiger charge is 2.04. The average molecular weight is 226 g/mol. The van der Waals surface area contributed by atoms with Gasteiger partial charge in [-0.05, 0) is 31.3 Å².